The highest BCUT2D eigenvalue weighted by Crippen LogP contribution is 2.45. The van der Waals surface area contributed by atoms with Gasteiger partial charge in [-0.2, -0.15) is 0 Å². The zero-order valence-electron chi connectivity index (χ0n) is 16.6. The van der Waals surface area contributed by atoms with E-state index in [0.717, 1.165) is 31.2 Å². The van der Waals surface area contributed by atoms with Gasteiger partial charge in [0.25, 0.3) is 0 Å². The Labute approximate surface area is 177 Å². The van der Waals surface area contributed by atoms with E-state index in [1.807, 2.05) is 24.3 Å². The summed E-state index contributed by atoms with van der Waals surface area (Å²) in [5.41, 5.74) is -0.497. The quantitative estimate of drug-likeness (QED) is 0.765. The minimum Gasteiger partial charge on any atom is -0.341 e. The molecule has 2 amide bonds. The van der Waals surface area contributed by atoms with Crippen LogP contribution in [0.2, 0.25) is 5.02 Å². The molecule has 2 saturated carbocycles. The maximum absolute atomic E-state index is 13.6. The number of rotatable bonds is 5. The molecule has 0 bridgehead atoms. The van der Waals surface area contributed by atoms with Crippen molar-refractivity contribution < 1.29 is 18.0 Å². The molecule has 3 fully saturated rings. The number of likely N-dealkylation sites (tertiary alicyclic amines) is 1. The normalized spacial score (nSPS) is 26.5. The van der Waals surface area contributed by atoms with Crippen molar-refractivity contribution in [2.45, 2.75) is 62.5 Å². The summed E-state index contributed by atoms with van der Waals surface area (Å²) >= 11 is 6.03. The molecule has 1 aliphatic heterocycles. The van der Waals surface area contributed by atoms with Crippen LogP contribution in [0.5, 0.6) is 0 Å². The van der Waals surface area contributed by atoms with Gasteiger partial charge >= 0.3 is 0 Å². The summed E-state index contributed by atoms with van der Waals surface area (Å²) < 4.78 is 26.6. The number of hydrogen-bond acceptors (Lipinski definition) is 4. The van der Waals surface area contributed by atoms with Gasteiger partial charge < -0.3 is 4.90 Å². The summed E-state index contributed by atoms with van der Waals surface area (Å²) in [5, 5.41) is 0.192. The second-order valence-corrected chi connectivity index (χ2v) is 11.4. The first kappa shape index (κ1) is 20.7. The number of hydrogen-bond donors (Lipinski definition) is 1. The maximum Gasteiger partial charge on any atom is 0.241 e. The molecule has 29 heavy (non-hydrogen) atoms. The number of carbonyl (C=O) groups excluding carboxylic acids is 2. The predicted octanol–water partition coefficient (Wildman–Crippen LogP) is 3.00. The molecule has 1 heterocycles. The van der Waals surface area contributed by atoms with E-state index >= 15 is 0 Å². The van der Waals surface area contributed by atoms with Crippen molar-refractivity contribution in [3.63, 3.8) is 0 Å². The van der Waals surface area contributed by atoms with E-state index in [1.54, 1.807) is 11.8 Å². The van der Waals surface area contributed by atoms with Gasteiger partial charge in [-0.25, -0.2) is 8.42 Å². The summed E-state index contributed by atoms with van der Waals surface area (Å²) in [5.74, 6) is -0.453. The van der Waals surface area contributed by atoms with E-state index in [-0.39, 0.29) is 12.5 Å². The van der Waals surface area contributed by atoms with Gasteiger partial charge in [0, 0.05) is 18.1 Å². The molecule has 0 spiro atoms. The molecule has 8 heteroatoms. The average molecular weight is 439 g/mol. The zero-order valence-corrected chi connectivity index (χ0v) is 18.2. The van der Waals surface area contributed by atoms with Crippen LogP contribution >= 0.6 is 11.6 Å². The molecule has 1 aromatic rings. The Hall–Kier alpha value is -1.60. The van der Waals surface area contributed by atoms with E-state index in [4.69, 9.17) is 11.6 Å². The van der Waals surface area contributed by atoms with E-state index in [9.17, 15) is 18.0 Å². The van der Waals surface area contributed by atoms with Gasteiger partial charge in [-0.1, -0.05) is 36.6 Å². The van der Waals surface area contributed by atoms with Crippen LogP contribution in [0, 0.1) is 5.41 Å². The number of nitrogens with one attached hydrogen (secondary N) is 1. The number of halogens is 1. The number of carbonyl (C=O) groups is 2. The number of sulfonamides is 1. The molecule has 0 radical (unpaired) electrons. The highest BCUT2D eigenvalue weighted by Gasteiger charge is 2.50. The highest BCUT2D eigenvalue weighted by molar-refractivity contribution is 7.90. The SMILES string of the molecule is CC1(C(=O)NS(=O)(=O)C2CC2)CCN(C(=O)C2(c3ccc(Cl)cc3)CCCC2)C1. The molecular formula is C21H27ClN2O4S. The van der Waals surface area contributed by atoms with E-state index < -0.39 is 32.0 Å². The van der Waals surface area contributed by atoms with Crippen LogP contribution in [-0.4, -0.2) is 43.5 Å². The molecule has 1 unspecified atom stereocenters. The molecule has 6 nitrogen and oxygen atoms in total. The van der Waals surface area contributed by atoms with Crippen LogP contribution in [0.3, 0.4) is 0 Å². The lowest BCUT2D eigenvalue weighted by atomic mass is 9.77. The average Bonchev–Trinajstić information content (AvgIpc) is 3.30. The van der Waals surface area contributed by atoms with E-state index in [2.05, 4.69) is 4.72 Å². The molecule has 1 aromatic carbocycles. The Balaban J connectivity index is 1.52. The summed E-state index contributed by atoms with van der Waals surface area (Å²) in [6, 6.07) is 7.48. The molecular weight excluding hydrogens is 412 g/mol. The lowest BCUT2D eigenvalue weighted by Gasteiger charge is -2.33. The fraction of sp³-hybridized carbons (Fsp3) is 0.619. The third-order valence-electron chi connectivity index (χ3n) is 6.77. The monoisotopic (exact) mass is 438 g/mol. The number of benzene rings is 1. The first-order valence-corrected chi connectivity index (χ1v) is 12.2. The lowest BCUT2D eigenvalue weighted by Crippen LogP contribution is -2.48. The Morgan fingerprint density at radius 1 is 1.10 bits per heavy atom. The van der Waals surface area contributed by atoms with Gasteiger partial charge in [-0.15, -0.1) is 0 Å². The molecule has 4 rings (SSSR count). The van der Waals surface area contributed by atoms with Crippen LogP contribution in [0.15, 0.2) is 24.3 Å². The van der Waals surface area contributed by atoms with Gasteiger partial charge in [0.15, 0.2) is 0 Å². The maximum atomic E-state index is 13.6. The van der Waals surface area contributed by atoms with E-state index in [0.29, 0.717) is 30.8 Å². The van der Waals surface area contributed by atoms with E-state index in [1.165, 1.54) is 0 Å². The van der Waals surface area contributed by atoms with Crippen molar-refractivity contribution in [3.05, 3.63) is 34.9 Å². The first-order valence-electron chi connectivity index (χ1n) is 10.3. The van der Waals surface area contributed by atoms with Crippen LogP contribution in [0.4, 0.5) is 0 Å². The standard InChI is InChI=1S/C21H27ClN2O4S/c1-20(18(25)23-29(27,28)17-8-9-17)12-13-24(14-20)19(26)21(10-2-3-11-21)15-4-6-16(22)7-5-15/h4-7,17H,2-3,8-14H2,1H3,(H,23,25). The van der Waals surface area contributed by atoms with Gasteiger partial charge in [-0.3, -0.25) is 14.3 Å². The first-order chi connectivity index (χ1) is 13.7. The molecule has 1 N–H and O–H groups in total. The molecule has 0 aromatic heterocycles. The van der Waals surface area contributed by atoms with Crippen molar-refractivity contribution in [2.75, 3.05) is 13.1 Å². The minimum absolute atomic E-state index is 0.0406. The van der Waals surface area contributed by atoms with Gasteiger partial charge in [0.1, 0.15) is 0 Å². The van der Waals surface area contributed by atoms with Crippen molar-refractivity contribution in [1.82, 2.24) is 9.62 Å². The number of amides is 2. The smallest absolute Gasteiger partial charge is 0.241 e. The molecule has 158 valence electrons. The van der Waals surface area contributed by atoms with Gasteiger partial charge in [0.2, 0.25) is 21.8 Å². The van der Waals surface area contributed by atoms with Crippen molar-refractivity contribution in [1.29, 1.82) is 0 Å². The van der Waals surface area contributed by atoms with Crippen LogP contribution in [0.1, 0.15) is 57.4 Å². The fourth-order valence-electron chi connectivity index (χ4n) is 4.71. The Kier molecular flexibility index (Phi) is 5.18. The summed E-state index contributed by atoms with van der Waals surface area (Å²) in [6.45, 7) is 2.45. The topological polar surface area (TPSA) is 83.6 Å². The van der Waals surface area contributed by atoms with Gasteiger partial charge in [0.05, 0.1) is 16.1 Å². The van der Waals surface area contributed by atoms with Crippen LogP contribution < -0.4 is 4.72 Å². The van der Waals surface area contributed by atoms with Crippen molar-refractivity contribution in [3.8, 4) is 0 Å². The fourth-order valence-corrected chi connectivity index (χ4v) is 6.26. The Morgan fingerprint density at radius 2 is 1.72 bits per heavy atom. The number of nitrogens with zero attached hydrogens (tertiary/aromatic N) is 1. The lowest BCUT2D eigenvalue weighted by molar-refractivity contribution is -0.137. The zero-order chi connectivity index (χ0) is 20.9. The molecule has 1 saturated heterocycles. The molecule has 1 atom stereocenters. The van der Waals surface area contributed by atoms with Crippen LogP contribution in [-0.2, 0) is 25.0 Å². The van der Waals surface area contributed by atoms with Crippen LogP contribution in [0.25, 0.3) is 0 Å². The Bertz CT molecular complexity index is 921. The predicted molar refractivity (Wildman–Crippen MR) is 111 cm³/mol. The summed E-state index contributed by atoms with van der Waals surface area (Å²) in [4.78, 5) is 28.1. The molecule has 2 aliphatic carbocycles. The van der Waals surface area contributed by atoms with Gasteiger partial charge in [-0.05, 0) is 56.7 Å². The second kappa shape index (κ2) is 7.27. The summed E-state index contributed by atoms with van der Waals surface area (Å²) in [6.07, 6.45) is 5.20. The minimum atomic E-state index is -3.59. The van der Waals surface area contributed by atoms with Crippen molar-refractivity contribution in [2.24, 2.45) is 5.41 Å². The largest absolute Gasteiger partial charge is 0.341 e. The highest BCUT2D eigenvalue weighted by atomic mass is 35.5. The third kappa shape index (κ3) is 3.79. The third-order valence-corrected chi connectivity index (χ3v) is 8.84. The summed E-state index contributed by atoms with van der Waals surface area (Å²) in [7, 11) is -3.59. The molecule has 3 aliphatic rings. The van der Waals surface area contributed by atoms with Crippen molar-refractivity contribution >= 4 is 33.4 Å². The Morgan fingerprint density at radius 3 is 2.31 bits per heavy atom. The second-order valence-electron chi connectivity index (χ2n) is 9.01.